The summed E-state index contributed by atoms with van der Waals surface area (Å²) in [6.07, 6.45) is 7.00. The summed E-state index contributed by atoms with van der Waals surface area (Å²) < 4.78 is 21.8. The molecule has 0 spiro atoms. The van der Waals surface area contributed by atoms with Crippen LogP contribution in [0.5, 0.6) is 11.5 Å². The van der Waals surface area contributed by atoms with Crippen molar-refractivity contribution in [2.75, 3.05) is 46.0 Å². The van der Waals surface area contributed by atoms with Crippen LogP contribution in [0.25, 0.3) is 10.9 Å². The molecule has 0 amide bonds. The van der Waals surface area contributed by atoms with Crippen molar-refractivity contribution in [2.45, 2.75) is 0 Å². The van der Waals surface area contributed by atoms with Crippen molar-refractivity contribution < 1.29 is 18.9 Å². The number of ether oxygens (including phenoxy) is 4. The van der Waals surface area contributed by atoms with Gasteiger partial charge in [-0.15, -0.1) is 6.42 Å². The van der Waals surface area contributed by atoms with Crippen molar-refractivity contribution in [3.63, 3.8) is 0 Å². The molecule has 0 fully saturated rings. The van der Waals surface area contributed by atoms with Crippen LogP contribution in [0.1, 0.15) is 5.56 Å². The van der Waals surface area contributed by atoms with Crippen LogP contribution in [-0.2, 0) is 9.47 Å². The molecule has 1 N–H and O–H groups in total. The Morgan fingerprint density at radius 3 is 2.52 bits per heavy atom. The number of benzene rings is 2. The normalized spacial score (nSPS) is 10.5. The predicted octanol–water partition coefficient (Wildman–Crippen LogP) is 3.41. The lowest BCUT2D eigenvalue weighted by Gasteiger charge is -2.15. The van der Waals surface area contributed by atoms with Crippen LogP contribution in [0.15, 0.2) is 42.7 Å². The van der Waals surface area contributed by atoms with E-state index in [2.05, 4.69) is 21.2 Å². The van der Waals surface area contributed by atoms with Crippen LogP contribution in [0.3, 0.4) is 0 Å². The number of nitrogens with one attached hydrogen (secondary N) is 1. The molecule has 3 aromatic rings. The van der Waals surface area contributed by atoms with Gasteiger partial charge in [-0.1, -0.05) is 12.0 Å². The van der Waals surface area contributed by atoms with Gasteiger partial charge in [0, 0.05) is 37.6 Å². The summed E-state index contributed by atoms with van der Waals surface area (Å²) in [7, 11) is 3.25. The van der Waals surface area contributed by atoms with Crippen LogP contribution in [0, 0.1) is 12.3 Å². The van der Waals surface area contributed by atoms with Crippen LogP contribution in [0.2, 0.25) is 0 Å². The first kappa shape index (κ1) is 20.4. The zero-order chi connectivity index (χ0) is 20.5. The Morgan fingerprint density at radius 1 is 0.966 bits per heavy atom. The van der Waals surface area contributed by atoms with Gasteiger partial charge in [0.15, 0.2) is 0 Å². The monoisotopic (exact) mass is 393 g/mol. The third-order valence-corrected chi connectivity index (χ3v) is 4.07. The Balaban J connectivity index is 1.99. The van der Waals surface area contributed by atoms with Crippen molar-refractivity contribution in [3.05, 3.63) is 48.3 Å². The molecule has 0 bridgehead atoms. The van der Waals surface area contributed by atoms with E-state index in [4.69, 9.17) is 25.4 Å². The van der Waals surface area contributed by atoms with Gasteiger partial charge in [0.05, 0.1) is 24.1 Å². The summed E-state index contributed by atoms with van der Waals surface area (Å²) in [5, 5.41) is 4.05. The van der Waals surface area contributed by atoms with E-state index >= 15 is 0 Å². The summed E-state index contributed by atoms with van der Waals surface area (Å²) in [4.78, 5) is 8.79. The molecule has 7 heteroatoms. The van der Waals surface area contributed by atoms with Crippen molar-refractivity contribution in [1.29, 1.82) is 0 Å². The molecule has 7 nitrogen and oxygen atoms in total. The van der Waals surface area contributed by atoms with Crippen molar-refractivity contribution >= 4 is 22.4 Å². The zero-order valence-corrected chi connectivity index (χ0v) is 16.5. The number of hydrogen-bond donors (Lipinski definition) is 1. The van der Waals surface area contributed by atoms with E-state index in [1.54, 1.807) is 14.2 Å². The highest BCUT2D eigenvalue weighted by atomic mass is 16.5. The maximum Gasteiger partial charge on any atom is 0.145 e. The molecule has 29 heavy (non-hydrogen) atoms. The maximum absolute atomic E-state index is 5.94. The molecule has 0 atom stereocenters. The molecule has 0 saturated heterocycles. The molecule has 0 aliphatic heterocycles. The lowest BCUT2D eigenvalue weighted by Crippen LogP contribution is -2.08. The second-order valence-electron chi connectivity index (χ2n) is 6.07. The number of fused-ring (bicyclic) bond motifs is 1. The lowest BCUT2D eigenvalue weighted by atomic mass is 10.1. The van der Waals surface area contributed by atoms with Crippen molar-refractivity contribution in [2.24, 2.45) is 0 Å². The van der Waals surface area contributed by atoms with Gasteiger partial charge >= 0.3 is 0 Å². The number of aromatic nitrogens is 2. The average Bonchev–Trinajstić information content (AvgIpc) is 2.74. The van der Waals surface area contributed by atoms with E-state index in [0.29, 0.717) is 49.3 Å². The number of methoxy groups -OCH3 is 2. The summed E-state index contributed by atoms with van der Waals surface area (Å²) in [5.74, 6) is 4.48. The molecule has 2 aromatic carbocycles. The fourth-order valence-electron chi connectivity index (χ4n) is 2.72. The Morgan fingerprint density at radius 2 is 1.76 bits per heavy atom. The number of nitrogens with zero attached hydrogens (tertiary/aromatic N) is 2. The highest BCUT2D eigenvalue weighted by molar-refractivity contribution is 5.96. The minimum absolute atomic E-state index is 0.383. The zero-order valence-electron chi connectivity index (χ0n) is 16.5. The first-order valence-corrected chi connectivity index (χ1v) is 9.11. The molecule has 150 valence electrons. The fourth-order valence-corrected chi connectivity index (χ4v) is 2.72. The molecule has 0 unspecified atom stereocenters. The number of hydrogen-bond acceptors (Lipinski definition) is 7. The van der Waals surface area contributed by atoms with Crippen LogP contribution in [0.4, 0.5) is 11.5 Å². The third-order valence-electron chi connectivity index (χ3n) is 4.07. The largest absolute Gasteiger partial charge is 0.491 e. The maximum atomic E-state index is 5.94. The Bertz CT molecular complexity index is 1000. The molecule has 1 aromatic heterocycles. The van der Waals surface area contributed by atoms with E-state index in [1.165, 1.54) is 6.33 Å². The van der Waals surface area contributed by atoms with Crippen LogP contribution >= 0.6 is 0 Å². The molecular formula is C22H23N3O4. The number of rotatable bonds is 10. The van der Waals surface area contributed by atoms with E-state index in [9.17, 15) is 0 Å². The van der Waals surface area contributed by atoms with Crippen LogP contribution in [-0.4, -0.2) is 50.6 Å². The van der Waals surface area contributed by atoms with Gasteiger partial charge in [-0.05, 0) is 18.2 Å². The highest BCUT2D eigenvalue weighted by Gasteiger charge is 2.14. The Hall–Kier alpha value is -3.34. The smallest absolute Gasteiger partial charge is 0.145 e. The van der Waals surface area contributed by atoms with Gasteiger partial charge in [-0.25, -0.2) is 9.97 Å². The molecule has 3 rings (SSSR count). The summed E-state index contributed by atoms with van der Waals surface area (Å²) >= 11 is 0. The van der Waals surface area contributed by atoms with Gasteiger partial charge in [-0.2, -0.15) is 0 Å². The minimum Gasteiger partial charge on any atom is -0.491 e. The van der Waals surface area contributed by atoms with Crippen LogP contribution < -0.4 is 14.8 Å². The number of anilines is 2. The average molecular weight is 393 g/mol. The highest BCUT2D eigenvalue weighted by Crippen LogP contribution is 2.35. The predicted molar refractivity (Wildman–Crippen MR) is 112 cm³/mol. The van der Waals surface area contributed by atoms with E-state index < -0.39 is 0 Å². The molecular weight excluding hydrogens is 370 g/mol. The summed E-state index contributed by atoms with van der Waals surface area (Å²) in [6, 6.07) is 11.2. The van der Waals surface area contributed by atoms with E-state index in [0.717, 1.165) is 16.6 Å². The molecule has 0 saturated carbocycles. The second kappa shape index (κ2) is 10.3. The SMILES string of the molecule is C#Cc1cccc(Nc2ncnc3cc(OCCOC)cc(OCCOC)c23)c1. The molecule has 0 aliphatic rings. The first-order chi connectivity index (χ1) is 14.2. The van der Waals surface area contributed by atoms with Gasteiger partial charge in [0.2, 0.25) is 0 Å². The lowest BCUT2D eigenvalue weighted by molar-refractivity contribution is 0.143. The molecule has 0 aliphatic carbocycles. The topological polar surface area (TPSA) is 74.7 Å². The Labute approximate surface area is 170 Å². The van der Waals surface area contributed by atoms with Gasteiger partial charge in [0.1, 0.15) is 36.9 Å². The van der Waals surface area contributed by atoms with Gasteiger partial charge < -0.3 is 24.3 Å². The van der Waals surface area contributed by atoms with E-state index in [1.807, 2.05) is 36.4 Å². The number of terminal acetylenes is 1. The first-order valence-electron chi connectivity index (χ1n) is 9.11. The van der Waals surface area contributed by atoms with Gasteiger partial charge in [-0.3, -0.25) is 0 Å². The van der Waals surface area contributed by atoms with Gasteiger partial charge in [0.25, 0.3) is 0 Å². The molecule has 1 heterocycles. The van der Waals surface area contributed by atoms with Crippen molar-refractivity contribution in [1.82, 2.24) is 9.97 Å². The van der Waals surface area contributed by atoms with Crippen molar-refractivity contribution in [3.8, 4) is 23.8 Å². The molecule has 0 radical (unpaired) electrons. The summed E-state index contributed by atoms with van der Waals surface area (Å²) in [5.41, 5.74) is 2.29. The second-order valence-corrected chi connectivity index (χ2v) is 6.07. The standard InChI is InChI=1S/C22H23N3O4/c1-4-16-6-5-7-17(12-16)25-22-21-19(23-15-24-22)13-18(28-10-8-26-2)14-20(21)29-11-9-27-3/h1,5-7,12-15H,8-11H2,2-3H3,(H,23,24,25). The third kappa shape index (κ3) is 5.35. The summed E-state index contributed by atoms with van der Waals surface area (Å²) in [6.45, 7) is 1.75. The van der Waals surface area contributed by atoms with E-state index in [-0.39, 0.29) is 0 Å². The quantitative estimate of drug-likeness (QED) is 0.418. The Kier molecular flexibility index (Phi) is 7.22. The minimum atomic E-state index is 0.383. The fraction of sp³-hybridized carbons (Fsp3) is 0.273.